The van der Waals surface area contributed by atoms with E-state index in [1.54, 1.807) is 23.4 Å². The molecule has 0 fully saturated rings. The topological polar surface area (TPSA) is 67.3 Å². The predicted octanol–water partition coefficient (Wildman–Crippen LogP) is 1.70. The lowest BCUT2D eigenvalue weighted by atomic mass is 10.2. The number of benzene rings is 1. The smallest absolute Gasteiger partial charge is 0.265 e. The number of rotatable bonds is 5. The summed E-state index contributed by atoms with van der Waals surface area (Å²) in [6, 6.07) is 9.37. The molecular formula is C15H16N4O2. The van der Waals surface area contributed by atoms with Crippen LogP contribution in [0.25, 0.3) is 0 Å². The van der Waals surface area contributed by atoms with E-state index in [-0.39, 0.29) is 12.5 Å². The van der Waals surface area contributed by atoms with Crippen molar-refractivity contribution in [3.8, 4) is 5.75 Å². The van der Waals surface area contributed by atoms with Crippen molar-refractivity contribution in [2.75, 3.05) is 29.9 Å². The first-order valence-corrected chi connectivity index (χ1v) is 6.88. The number of para-hydroxylation sites is 2. The zero-order chi connectivity index (χ0) is 14.5. The fourth-order valence-corrected chi connectivity index (χ4v) is 2.23. The van der Waals surface area contributed by atoms with Crippen LogP contribution in [0.1, 0.15) is 6.42 Å². The first-order chi connectivity index (χ1) is 10.3. The lowest BCUT2D eigenvalue weighted by molar-refractivity contribution is -0.121. The minimum atomic E-state index is -0.00957. The third-order valence-corrected chi connectivity index (χ3v) is 3.22. The van der Waals surface area contributed by atoms with Crippen molar-refractivity contribution >= 4 is 17.5 Å². The number of aromatic nitrogens is 2. The van der Waals surface area contributed by atoms with Crippen LogP contribution in [-0.4, -0.2) is 35.6 Å². The Balaban J connectivity index is 1.56. The molecule has 3 rings (SSSR count). The molecule has 6 heteroatoms. The van der Waals surface area contributed by atoms with Gasteiger partial charge < -0.3 is 15.0 Å². The number of anilines is 2. The average molecular weight is 284 g/mol. The van der Waals surface area contributed by atoms with Crippen LogP contribution in [0.15, 0.2) is 42.7 Å². The van der Waals surface area contributed by atoms with Crippen molar-refractivity contribution in [1.82, 2.24) is 9.97 Å². The predicted molar refractivity (Wildman–Crippen MR) is 79.4 cm³/mol. The minimum absolute atomic E-state index is 0.00957. The second-order valence-corrected chi connectivity index (χ2v) is 4.65. The SMILES string of the molecule is O=C1COc2ccccc2N1CCCNc1ncccn1. The van der Waals surface area contributed by atoms with Crippen molar-refractivity contribution in [1.29, 1.82) is 0 Å². The summed E-state index contributed by atoms with van der Waals surface area (Å²) >= 11 is 0. The quantitative estimate of drug-likeness (QED) is 0.847. The standard InChI is InChI=1S/C15H16N4O2/c20-14-11-21-13-6-2-1-5-12(13)19(14)10-4-9-18-15-16-7-3-8-17-15/h1-3,5-8H,4,9-11H2,(H,16,17,18). The summed E-state index contributed by atoms with van der Waals surface area (Å²) in [5.74, 6) is 1.35. The van der Waals surface area contributed by atoms with Crippen molar-refractivity contribution < 1.29 is 9.53 Å². The van der Waals surface area contributed by atoms with Crippen LogP contribution < -0.4 is 15.0 Å². The Bertz CT molecular complexity index is 618. The maximum absolute atomic E-state index is 12.0. The van der Waals surface area contributed by atoms with Crippen LogP contribution in [0.5, 0.6) is 5.75 Å². The third-order valence-electron chi connectivity index (χ3n) is 3.22. The molecule has 1 N–H and O–H groups in total. The normalized spacial score (nSPS) is 13.5. The number of carbonyl (C=O) groups excluding carboxylic acids is 1. The van der Waals surface area contributed by atoms with Gasteiger partial charge in [0.05, 0.1) is 5.69 Å². The van der Waals surface area contributed by atoms with E-state index in [0.717, 1.165) is 17.9 Å². The van der Waals surface area contributed by atoms with Gasteiger partial charge in [-0.15, -0.1) is 0 Å². The van der Waals surface area contributed by atoms with Crippen LogP contribution in [0.3, 0.4) is 0 Å². The van der Waals surface area contributed by atoms with Gasteiger partial charge in [-0.25, -0.2) is 9.97 Å². The highest BCUT2D eigenvalue weighted by atomic mass is 16.5. The summed E-state index contributed by atoms with van der Waals surface area (Å²) in [4.78, 5) is 21.9. The second kappa shape index (κ2) is 6.21. The van der Waals surface area contributed by atoms with Crippen molar-refractivity contribution in [3.05, 3.63) is 42.7 Å². The van der Waals surface area contributed by atoms with Crippen molar-refractivity contribution in [2.45, 2.75) is 6.42 Å². The largest absolute Gasteiger partial charge is 0.482 e. The Labute approximate surface area is 122 Å². The fourth-order valence-electron chi connectivity index (χ4n) is 2.23. The molecular weight excluding hydrogens is 268 g/mol. The van der Waals surface area contributed by atoms with Gasteiger partial charge in [-0.3, -0.25) is 4.79 Å². The van der Waals surface area contributed by atoms with Gasteiger partial charge in [0.15, 0.2) is 6.61 Å². The minimum Gasteiger partial charge on any atom is -0.482 e. The Hall–Kier alpha value is -2.63. The highest BCUT2D eigenvalue weighted by Gasteiger charge is 2.24. The molecule has 1 aromatic heterocycles. The summed E-state index contributed by atoms with van der Waals surface area (Å²) < 4.78 is 5.41. The molecule has 1 aliphatic rings. The fraction of sp³-hybridized carbons (Fsp3) is 0.267. The number of nitrogens with zero attached hydrogens (tertiary/aromatic N) is 3. The summed E-state index contributed by atoms with van der Waals surface area (Å²) in [7, 11) is 0. The molecule has 0 atom stereocenters. The van der Waals surface area contributed by atoms with Crippen LogP contribution >= 0.6 is 0 Å². The zero-order valence-electron chi connectivity index (χ0n) is 11.5. The number of hydrogen-bond donors (Lipinski definition) is 1. The number of amides is 1. The van der Waals surface area contributed by atoms with Crippen molar-refractivity contribution in [2.24, 2.45) is 0 Å². The number of hydrogen-bond acceptors (Lipinski definition) is 5. The second-order valence-electron chi connectivity index (χ2n) is 4.65. The molecule has 1 aromatic carbocycles. The molecule has 6 nitrogen and oxygen atoms in total. The highest BCUT2D eigenvalue weighted by molar-refractivity contribution is 5.97. The molecule has 108 valence electrons. The number of fused-ring (bicyclic) bond motifs is 1. The molecule has 0 saturated heterocycles. The van der Waals surface area contributed by atoms with E-state index in [0.29, 0.717) is 19.0 Å². The molecule has 0 radical (unpaired) electrons. The van der Waals surface area contributed by atoms with Gasteiger partial charge in [-0.1, -0.05) is 12.1 Å². The Morgan fingerprint density at radius 3 is 2.86 bits per heavy atom. The average Bonchev–Trinajstić information content (AvgIpc) is 2.54. The molecule has 0 unspecified atom stereocenters. The molecule has 2 heterocycles. The van der Waals surface area contributed by atoms with E-state index in [2.05, 4.69) is 15.3 Å². The lowest BCUT2D eigenvalue weighted by Crippen LogP contribution is -2.39. The third kappa shape index (κ3) is 3.10. The number of nitrogens with one attached hydrogen (secondary N) is 1. The van der Waals surface area contributed by atoms with E-state index in [1.165, 1.54) is 0 Å². The molecule has 2 aromatic rings. The monoisotopic (exact) mass is 284 g/mol. The van der Waals surface area contributed by atoms with E-state index < -0.39 is 0 Å². The van der Waals surface area contributed by atoms with Crippen LogP contribution in [0, 0.1) is 0 Å². The maximum atomic E-state index is 12.0. The zero-order valence-corrected chi connectivity index (χ0v) is 11.5. The van der Waals surface area contributed by atoms with E-state index in [9.17, 15) is 4.79 Å². The van der Waals surface area contributed by atoms with Crippen molar-refractivity contribution in [3.63, 3.8) is 0 Å². The summed E-state index contributed by atoms with van der Waals surface area (Å²) in [6.07, 6.45) is 4.19. The first kappa shape index (κ1) is 13.4. The Morgan fingerprint density at radius 1 is 1.19 bits per heavy atom. The Morgan fingerprint density at radius 2 is 2.00 bits per heavy atom. The molecule has 0 aliphatic carbocycles. The van der Waals surface area contributed by atoms with E-state index in [4.69, 9.17) is 4.74 Å². The van der Waals surface area contributed by atoms with Crippen LogP contribution in [-0.2, 0) is 4.79 Å². The molecule has 1 amide bonds. The summed E-state index contributed by atoms with van der Waals surface area (Å²) in [5, 5.41) is 3.13. The van der Waals surface area contributed by atoms with E-state index >= 15 is 0 Å². The highest BCUT2D eigenvalue weighted by Crippen LogP contribution is 2.31. The number of ether oxygens (including phenoxy) is 1. The van der Waals surface area contributed by atoms with E-state index in [1.807, 2.05) is 24.3 Å². The van der Waals surface area contributed by atoms with Gasteiger partial charge in [0.1, 0.15) is 5.75 Å². The molecule has 0 spiro atoms. The summed E-state index contributed by atoms with van der Waals surface area (Å²) in [6.45, 7) is 1.45. The van der Waals surface area contributed by atoms with Gasteiger partial charge in [0.2, 0.25) is 5.95 Å². The number of carbonyl (C=O) groups is 1. The Kier molecular flexibility index (Phi) is 3.95. The first-order valence-electron chi connectivity index (χ1n) is 6.88. The van der Waals surface area contributed by atoms with Gasteiger partial charge >= 0.3 is 0 Å². The molecule has 0 saturated carbocycles. The van der Waals surface area contributed by atoms with Gasteiger partial charge in [-0.2, -0.15) is 0 Å². The molecule has 0 bridgehead atoms. The van der Waals surface area contributed by atoms with Crippen LogP contribution in [0.4, 0.5) is 11.6 Å². The molecule has 1 aliphatic heterocycles. The van der Waals surface area contributed by atoms with Gasteiger partial charge in [-0.05, 0) is 24.6 Å². The maximum Gasteiger partial charge on any atom is 0.265 e. The van der Waals surface area contributed by atoms with Crippen LogP contribution in [0.2, 0.25) is 0 Å². The summed E-state index contributed by atoms with van der Waals surface area (Å²) in [5.41, 5.74) is 0.838. The van der Waals surface area contributed by atoms with Gasteiger partial charge in [0, 0.05) is 25.5 Å². The van der Waals surface area contributed by atoms with Gasteiger partial charge in [0.25, 0.3) is 5.91 Å². The molecule has 21 heavy (non-hydrogen) atoms. The lowest BCUT2D eigenvalue weighted by Gasteiger charge is -2.29.